The van der Waals surface area contributed by atoms with Crippen LogP contribution in [-0.2, 0) is 4.79 Å². The summed E-state index contributed by atoms with van der Waals surface area (Å²) in [5, 5.41) is 9.82. The lowest BCUT2D eigenvalue weighted by molar-refractivity contribution is -0.134. The van der Waals surface area contributed by atoms with Gasteiger partial charge in [0.15, 0.2) is 0 Å². The van der Waals surface area contributed by atoms with Crippen molar-refractivity contribution in [1.82, 2.24) is 4.90 Å². The second-order valence-electron chi connectivity index (χ2n) is 6.04. The van der Waals surface area contributed by atoms with Gasteiger partial charge in [-0.15, -0.1) is 0 Å². The first-order chi connectivity index (χ1) is 9.74. The molecule has 1 N–H and O–H groups in total. The number of carbonyl (C=O) groups excluding carboxylic acids is 1. The average Bonchev–Trinajstić information content (AvgIpc) is 2.38. The highest BCUT2D eigenvalue weighted by atomic mass is 16.5. The van der Waals surface area contributed by atoms with Gasteiger partial charge in [0, 0.05) is 13.1 Å². The van der Waals surface area contributed by atoms with Crippen molar-refractivity contribution in [3.05, 3.63) is 29.3 Å². The molecule has 1 aromatic carbocycles. The van der Waals surface area contributed by atoms with E-state index < -0.39 is 5.60 Å². The lowest BCUT2D eigenvalue weighted by Crippen LogP contribution is -2.42. The Bertz CT molecular complexity index is 457. The Morgan fingerprint density at radius 2 is 1.86 bits per heavy atom. The maximum atomic E-state index is 12.1. The van der Waals surface area contributed by atoms with Gasteiger partial charge >= 0.3 is 0 Å². The Hall–Kier alpha value is -1.55. The Morgan fingerprint density at radius 3 is 2.33 bits per heavy atom. The largest absolute Gasteiger partial charge is 0.493 e. The highest BCUT2D eigenvalue weighted by Crippen LogP contribution is 2.22. The Balaban J connectivity index is 2.53. The molecule has 0 saturated heterocycles. The van der Waals surface area contributed by atoms with Crippen molar-refractivity contribution in [2.75, 3.05) is 19.7 Å². The van der Waals surface area contributed by atoms with Crippen molar-refractivity contribution in [3.63, 3.8) is 0 Å². The number of hydrogen-bond donors (Lipinski definition) is 1. The fourth-order valence-corrected chi connectivity index (χ4v) is 2.27. The standard InChI is InChI=1S/C17H27NO3/c1-6-18(12-17(4,5)20)15(19)10-11-21-16-13(2)8-7-9-14(16)3/h7-9,20H,6,10-12H2,1-5H3. The van der Waals surface area contributed by atoms with E-state index in [4.69, 9.17) is 4.74 Å². The number of ether oxygens (including phenoxy) is 1. The zero-order chi connectivity index (χ0) is 16.0. The number of aryl methyl sites for hydroxylation is 2. The van der Waals surface area contributed by atoms with Crippen LogP contribution in [0.1, 0.15) is 38.3 Å². The minimum atomic E-state index is -0.876. The number of likely N-dealkylation sites (N-methyl/N-ethyl adjacent to an activating group) is 1. The third-order valence-electron chi connectivity index (χ3n) is 3.28. The minimum absolute atomic E-state index is 0.00543. The molecule has 1 amide bonds. The van der Waals surface area contributed by atoms with Crippen molar-refractivity contribution >= 4 is 5.91 Å². The monoisotopic (exact) mass is 293 g/mol. The van der Waals surface area contributed by atoms with Crippen molar-refractivity contribution in [2.45, 2.75) is 46.6 Å². The molecule has 0 aliphatic rings. The molecule has 4 heteroatoms. The fraction of sp³-hybridized carbons (Fsp3) is 0.588. The maximum Gasteiger partial charge on any atom is 0.226 e. The van der Waals surface area contributed by atoms with Crippen LogP contribution in [0.2, 0.25) is 0 Å². The van der Waals surface area contributed by atoms with E-state index in [0.29, 0.717) is 26.1 Å². The van der Waals surface area contributed by atoms with Gasteiger partial charge < -0.3 is 14.7 Å². The number of amides is 1. The molecule has 0 atom stereocenters. The van der Waals surface area contributed by atoms with Gasteiger partial charge in [-0.1, -0.05) is 18.2 Å². The minimum Gasteiger partial charge on any atom is -0.493 e. The van der Waals surface area contributed by atoms with Crippen molar-refractivity contribution in [3.8, 4) is 5.75 Å². The van der Waals surface area contributed by atoms with Gasteiger partial charge in [0.2, 0.25) is 5.91 Å². The maximum absolute atomic E-state index is 12.1. The molecule has 0 unspecified atom stereocenters. The van der Waals surface area contributed by atoms with E-state index in [-0.39, 0.29) is 5.91 Å². The first-order valence-electron chi connectivity index (χ1n) is 7.43. The number of nitrogens with zero attached hydrogens (tertiary/aromatic N) is 1. The van der Waals surface area contributed by atoms with Crippen LogP contribution in [0.4, 0.5) is 0 Å². The average molecular weight is 293 g/mol. The number of benzene rings is 1. The number of carbonyl (C=O) groups is 1. The predicted octanol–water partition coefficient (Wildman–Crippen LogP) is 2.69. The number of aliphatic hydroxyl groups is 1. The van der Waals surface area contributed by atoms with Gasteiger partial charge in [-0.25, -0.2) is 0 Å². The highest BCUT2D eigenvalue weighted by molar-refractivity contribution is 5.76. The summed E-state index contributed by atoms with van der Waals surface area (Å²) in [7, 11) is 0. The van der Waals surface area contributed by atoms with Crippen molar-refractivity contribution in [2.24, 2.45) is 0 Å². The summed E-state index contributed by atoms with van der Waals surface area (Å²) >= 11 is 0. The number of para-hydroxylation sites is 1. The summed E-state index contributed by atoms with van der Waals surface area (Å²) in [6, 6.07) is 5.98. The normalized spacial score (nSPS) is 11.3. The van der Waals surface area contributed by atoms with E-state index in [0.717, 1.165) is 16.9 Å². The molecule has 4 nitrogen and oxygen atoms in total. The topological polar surface area (TPSA) is 49.8 Å². The van der Waals surface area contributed by atoms with Crippen LogP contribution in [0.15, 0.2) is 18.2 Å². The quantitative estimate of drug-likeness (QED) is 0.841. The van der Waals surface area contributed by atoms with Crippen LogP contribution in [0, 0.1) is 13.8 Å². The molecule has 118 valence electrons. The smallest absolute Gasteiger partial charge is 0.226 e. The van der Waals surface area contributed by atoms with Crippen molar-refractivity contribution < 1.29 is 14.6 Å². The Labute approximate surface area is 127 Å². The first kappa shape index (κ1) is 17.5. The summed E-state index contributed by atoms with van der Waals surface area (Å²) in [6.07, 6.45) is 0.317. The molecule has 21 heavy (non-hydrogen) atoms. The van der Waals surface area contributed by atoms with Gasteiger partial charge in [0.05, 0.1) is 18.6 Å². The van der Waals surface area contributed by atoms with E-state index in [2.05, 4.69) is 0 Å². The van der Waals surface area contributed by atoms with Gasteiger partial charge in [-0.05, 0) is 45.7 Å². The lowest BCUT2D eigenvalue weighted by atomic mass is 10.1. The first-order valence-corrected chi connectivity index (χ1v) is 7.43. The molecular formula is C17H27NO3. The summed E-state index contributed by atoms with van der Waals surface area (Å²) in [4.78, 5) is 13.8. The van der Waals surface area contributed by atoms with Gasteiger partial charge in [0.1, 0.15) is 5.75 Å². The Morgan fingerprint density at radius 1 is 1.29 bits per heavy atom. The van der Waals surface area contributed by atoms with E-state index in [1.54, 1.807) is 18.7 Å². The Kier molecular flexibility index (Phi) is 6.21. The third kappa shape index (κ3) is 5.76. The number of rotatable bonds is 7. The second-order valence-corrected chi connectivity index (χ2v) is 6.04. The van der Waals surface area contributed by atoms with Crippen LogP contribution < -0.4 is 4.74 Å². The van der Waals surface area contributed by atoms with Crippen LogP contribution in [0.5, 0.6) is 5.75 Å². The molecule has 0 aromatic heterocycles. The van der Waals surface area contributed by atoms with Crippen molar-refractivity contribution in [1.29, 1.82) is 0 Å². The molecule has 0 spiro atoms. The number of hydrogen-bond acceptors (Lipinski definition) is 3. The van der Waals surface area contributed by atoms with E-state index in [1.807, 2.05) is 39.0 Å². The van der Waals surface area contributed by atoms with E-state index >= 15 is 0 Å². The summed E-state index contributed by atoms with van der Waals surface area (Å²) in [5.74, 6) is 0.863. The third-order valence-corrected chi connectivity index (χ3v) is 3.28. The van der Waals surface area contributed by atoms with Crippen LogP contribution in [0.25, 0.3) is 0 Å². The van der Waals surface area contributed by atoms with Gasteiger partial charge in [0.25, 0.3) is 0 Å². The molecule has 1 aromatic rings. The van der Waals surface area contributed by atoms with Gasteiger partial charge in [-0.3, -0.25) is 4.79 Å². The summed E-state index contributed by atoms with van der Waals surface area (Å²) in [6.45, 7) is 10.6. The summed E-state index contributed by atoms with van der Waals surface area (Å²) < 4.78 is 5.75. The molecular weight excluding hydrogens is 266 g/mol. The SMILES string of the molecule is CCN(CC(C)(C)O)C(=O)CCOc1c(C)cccc1C. The van der Waals surface area contributed by atoms with Crippen LogP contribution >= 0.6 is 0 Å². The molecule has 0 aliphatic carbocycles. The molecule has 0 saturated carbocycles. The molecule has 0 fully saturated rings. The van der Waals surface area contributed by atoms with Gasteiger partial charge in [-0.2, -0.15) is 0 Å². The zero-order valence-electron chi connectivity index (χ0n) is 13.8. The predicted molar refractivity (Wildman–Crippen MR) is 84.6 cm³/mol. The zero-order valence-corrected chi connectivity index (χ0v) is 13.8. The highest BCUT2D eigenvalue weighted by Gasteiger charge is 2.21. The molecule has 0 radical (unpaired) electrons. The molecule has 0 aliphatic heterocycles. The van der Waals surface area contributed by atoms with Crippen LogP contribution in [0.3, 0.4) is 0 Å². The molecule has 1 rings (SSSR count). The molecule has 0 heterocycles. The second kappa shape index (κ2) is 7.46. The fourth-order valence-electron chi connectivity index (χ4n) is 2.27. The van der Waals surface area contributed by atoms with E-state index in [1.165, 1.54) is 0 Å². The molecule has 0 bridgehead atoms. The van der Waals surface area contributed by atoms with E-state index in [9.17, 15) is 9.90 Å². The summed E-state index contributed by atoms with van der Waals surface area (Å²) in [5.41, 5.74) is 1.27. The lowest BCUT2D eigenvalue weighted by Gasteiger charge is -2.28. The van der Waals surface area contributed by atoms with Crippen LogP contribution in [-0.4, -0.2) is 41.2 Å².